The molecule has 0 fully saturated rings. The fourth-order valence-corrected chi connectivity index (χ4v) is 1.34. The molecule has 0 atom stereocenters. The molecule has 78 valence electrons. The number of methoxy groups -OCH3 is 2. The zero-order valence-electron chi connectivity index (χ0n) is 8.31. The molecule has 0 radical (unpaired) electrons. The van der Waals surface area contributed by atoms with Crippen LogP contribution in [-0.2, 0) is 9.47 Å². The van der Waals surface area contributed by atoms with Crippen LogP contribution in [0, 0.1) is 0 Å². The minimum atomic E-state index is -0.758. The predicted molar refractivity (Wildman–Crippen MR) is 52.7 cm³/mol. The van der Waals surface area contributed by atoms with Crippen LogP contribution in [0.1, 0.15) is 0 Å². The van der Waals surface area contributed by atoms with Crippen molar-refractivity contribution >= 4 is 17.9 Å². The van der Waals surface area contributed by atoms with Crippen LogP contribution >= 0.6 is 0 Å². The van der Waals surface area contributed by atoms with Gasteiger partial charge in [0.2, 0.25) is 0 Å². The van der Waals surface area contributed by atoms with Crippen molar-refractivity contribution in [2.24, 2.45) is 0 Å². The summed E-state index contributed by atoms with van der Waals surface area (Å²) in [5.74, 6) is 0. The lowest BCUT2D eigenvalue weighted by atomic mass is 10.4. The summed E-state index contributed by atoms with van der Waals surface area (Å²) in [4.78, 5) is 23.5. The van der Waals surface area contributed by atoms with Crippen LogP contribution < -0.4 is 4.90 Å². The molecule has 2 amide bonds. The number of hydrogen-bond donors (Lipinski definition) is 0. The van der Waals surface area contributed by atoms with Crippen molar-refractivity contribution in [2.45, 2.75) is 0 Å². The first-order valence-electron chi connectivity index (χ1n) is 4.29. The molecule has 2 rings (SSSR count). The van der Waals surface area contributed by atoms with E-state index in [0.29, 0.717) is 5.69 Å². The van der Waals surface area contributed by atoms with E-state index in [1.807, 2.05) is 6.07 Å². The first-order chi connectivity index (χ1) is 7.17. The Balaban J connectivity index is 2.28. The number of amides is 2. The van der Waals surface area contributed by atoms with E-state index in [4.69, 9.17) is 0 Å². The van der Waals surface area contributed by atoms with E-state index in [2.05, 4.69) is 9.47 Å². The molecular weight excluding hydrogens is 198 g/mol. The Morgan fingerprint density at radius 2 is 1.47 bits per heavy atom. The number of imide groups is 1. The highest BCUT2D eigenvalue weighted by Gasteiger charge is 2.28. The van der Waals surface area contributed by atoms with Crippen molar-refractivity contribution in [1.29, 1.82) is 0 Å². The highest BCUT2D eigenvalue weighted by atomic mass is 16.6. The number of fused-ring (bicyclic) bond motifs is 1. The molecule has 0 aromatic carbocycles. The Labute approximate surface area is 86.2 Å². The van der Waals surface area contributed by atoms with Crippen LogP contribution in [0.25, 0.3) is 11.1 Å². The SMILES string of the molecule is COC(=O)N(C(=O)OC)c1cc2cc-2c1. The first kappa shape index (κ1) is 9.51. The van der Waals surface area contributed by atoms with Crippen LogP contribution in [0.15, 0.2) is 18.2 Å². The maximum atomic E-state index is 11.3. The van der Waals surface area contributed by atoms with E-state index >= 15 is 0 Å². The van der Waals surface area contributed by atoms with Gasteiger partial charge < -0.3 is 9.47 Å². The molecule has 5 heteroatoms. The molecule has 2 aliphatic rings. The predicted octanol–water partition coefficient (Wildman–Crippen LogP) is 2.01. The van der Waals surface area contributed by atoms with E-state index in [1.54, 1.807) is 12.1 Å². The van der Waals surface area contributed by atoms with Gasteiger partial charge in [-0.25, -0.2) is 9.59 Å². The Morgan fingerprint density at radius 1 is 1.00 bits per heavy atom. The maximum absolute atomic E-state index is 11.3. The molecule has 0 unspecified atom stereocenters. The van der Waals surface area contributed by atoms with Crippen LogP contribution in [-0.4, -0.2) is 26.4 Å². The topological polar surface area (TPSA) is 55.8 Å². The van der Waals surface area contributed by atoms with Crippen molar-refractivity contribution in [2.75, 3.05) is 19.1 Å². The number of hydrogen-bond acceptors (Lipinski definition) is 4. The first-order valence-corrected chi connectivity index (χ1v) is 4.29. The minimum Gasteiger partial charge on any atom is -0.452 e. The zero-order chi connectivity index (χ0) is 11.0. The molecule has 0 aliphatic heterocycles. The largest absolute Gasteiger partial charge is 0.452 e. The van der Waals surface area contributed by atoms with Crippen LogP contribution in [0.4, 0.5) is 15.3 Å². The average molecular weight is 207 g/mol. The quantitative estimate of drug-likeness (QED) is 0.717. The molecule has 0 saturated heterocycles. The van der Waals surface area contributed by atoms with E-state index in [1.165, 1.54) is 14.2 Å². The molecule has 2 aliphatic carbocycles. The molecule has 5 nitrogen and oxygen atoms in total. The maximum Gasteiger partial charge on any atom is 0.423 e. The lowest BCUT2D eigenvalue weighted by Crippen LogP contribution is -2.36. The van der Waals surface area contributed by atoms with Gasteiger partial charge in [-0.3, -0.25) is 0 Å². The second-order valence-electron chi connectivity index (χ2n) is 3.04. The molecule has 0 aromatic rings. The van der Waals surface area contributed by atoms with Crippen LogP contribution in [0.3, 0.4) is 0 Å². The summed E-state index contributed by atoms with van der Waals surface area (Å²) in [5, 5.41) is 0. The van der Waals surface area contributed by atoms with Gasteiger partial charge in [0.1, 0.15) is 0 Å². The van der Waals surface area contributed by atoms with Crippen molar-refractivity contribution in [3.63, 3.8) is 0 Å². The smallest absolute Gasteiger partial charge is 0.423 e. The summed E-state index contributed by atoms with van der Waals surface area (Å²) in [6, 6.07) is 5.39. The highest BCUT2D eigenvalue weighted by molar-refractivity contribution is 6.11. The number of carbonyl (C=O) groups excluding carboxylic acids is 2. The van der Waals surface area contributed by atoms with Crippen molar-refractivity contribution < 1.29 is 19.1 Å². The number of benzene rings is 1. The second-order valence-corrected chi connectivity index (χ2v) is 3.04. The van der Waals surface area contributed by atoms with Gasteiger partial charge in [-0.15, -0.1) is 0 Å². The van der Waals surface area contributed by atoms with E-state index < -0.39 is 12.2 Å². The Morgan fingerprint density at radius 3 is 1.87 bits per heavy atom. The monoisotopic (exact) mass is 207 g/mol. The molecule has 0 aromatic heterocycles. The van der Waals surface area contributed by atoms with Gasteiger partial charge in [-0.1, -0.05) is 0 Å². The van der Waals surface area contributed by atoms with Gasteiger partial charge in [0.05, 0.1) is 19.9 Å². The van der Waals surface area contributed by atoms with Gasteiger partial charge in [0, 0.05) is 0 Å². The molecule has 0 spiro atoms. The van der Waals surface area contributed by atoms with Crippen LogP contribution in [0.2, 0.25) is 0 Å². The Kier molecular flexibility index (Phi) is 2.07. The number of rotatable bonds is 1. The van der Waals surface area contributed by atoms with Crippen LogP contribution in [0.5, 0.6) is 0 Å². The Bertz CT molecular complexity index is 405. The normalized spacial score (nSPS) is 10.5. The highest BCUT2D eigenvalue weighted by Crippen LogP contribution is 2.40. The van der Waals surface area contributed by atoms with E-state index in [0.717, 1.165) is 16.0 Å². The van der Waals surface area contributed by atoms with E-state index in [-0.39, 0.29) is 0 Å². The number of ether oxygens (including phenoxy) is 2. The molecule has 15 heavy (non-hydrogen) atoms. The van der Waals surface area contributed by atoms with E-state index in [9.17, 15) is 9.59 Å². The zero-order valence-corrected chi connectivity index (χ0v) is 8.31. The van der Waals surface area contributed by atoms with Gasteiger partial charge in [-0.05, 0) is 29.3 Å². The standard InChI is InChI=1S/C10H9NO4/c1-14-9(12)11(10(13)15-2)8-4-6-3-7(6)5-8/h3-5H,1-2H3. The molecular formula is C10H9NO4. The lowest BCUT2D eigenvalue weighted by molar-refractivity contribution is 0.159. The van der Waals surface area contributed by atoms with Gasteiger partial charge in [0.25, 0.3) is 0 Å². The summed E-state index contributed by atoms with van der Waals surface area (Å²) >= 11 is 0. The van der Waals surface area contributed by atoms with Crippen molar-refractivity contribution in [3.8, 4) is 11.1 Å². The summed E-state index contributed by atoms with van der Waals surface area (Å²) in [5.41, 5.74) is 2.53. The third-order valence-corrected chi connectivity index (χ3v) is 2.14. The summed E-state index contributed by atoms with van der Waals surface area (Å²) < 4.78 is 8.99. The molecule has 0 heterocycles. The molecule has 0 saturated carbocycles. The second kappa shape index (κ2) is 3.27. The molecule has 0 N–H and O–H groups in total. The van der Waals surface area contributed by atoms with Crippen molar-refractivity contribution in [3.05, 3.63) is 18.2 Å². The summed E-state index contributed by atoms with van der Waals surface area (Å²) in [6.07, 6.45) is -1.52. The number of anilines is 1. The third-order valence-electron chi connectivity index (χ3n) is 2.14. The Hall–Kier alpha value is -2.04. The summed E-state index contributed by atoms with van der Waals surface area (Å²) in [7, 11) is 2.42. The number of nitrogens with zero attached hydrogens (tertiary/aromatic N) is 1. The molecule has 0 bridgehead atoms. The summed E-state index contributed by atoms with van der Waals surface area (Å²) in [6.45, 7) is 0. The van der Waals surface area contributed by atoms with Gasteiger partial charge in [-0.2, -0.15) is 4.90 Å². The third kappa shape index (κ3) is 1.52. The average Bonchev–Trinajstić information content (AvgIpc) is 2.86. The fourth-order valence-electron chi connectivity index (χ4n) is 1.34. The van der Waals surface area contributed by atoms with Crippen molar-refractivity contribution in [1.82, 2.24) is 0 Å². The number of carbonyl (C=O) groups is 2. The fraction of sp³-hybridized carbons (Fsp3) is 0.200. The van der Waals surface area contributed by atoms with Gasteiger partial charge >= 0.3 is 12.2 Å². The van der Waals surface area contributed by atoms with Gasteiger partial charge in [0.15, 0.2) is 0 Å². The minimum absolute atomic E-state index is 0.473. The lowest BCUT2D eigenvalue weighted by Gasteiger charge is -2.16.